The minimum atomic E-state index is -0.458. The van der Waals surface area contributed by atoms with Crippen LogP contribution in [0.5, 0.6) is 0 Å². The summed E-state index contributed by atoms with van der Waals surface area (Å²) in [7, 11) is 0. The molecule has 0 spiro atoms. The molecular weight excluding hydrogens is 294 g/mol. The molecule has 92 valence electrons. The smallest absolute Gasteiger partial charge is 0.150 e. The van der Waals surface area contributed by atoms with E-state index in [4.69, 9.17) is 23.2 Å². The molecule has 0 heterocycles. The summed E-state index contributed by atoms with van der Waals surface area (Å²) in [6.07, 6.45) is 0.601. The van der Waals surface area contributed by atoms with Gasteiger partial charge in [-0.1, -0.05) is 41.0 Å². The second kappa shape index (κ2) is 5.74. The molecule has 0 N–H and O–H groups in total. The third-order valence-corrected chi connectivity index (χ3v) is 3.99. The summed E-state index contributed by atoms with van der Waals surface area (Å²) in [6.45, 7) is 0. The zero-order chi connectivity index (χ0) is 13.1. The van der Waals surface area contributed by atoms with Crippen LogP contribution < -0.4 is 0 Å². The van der Waals surface area contributed by atoms with Crippen LogP contribution in [0.2, 0.25) is 10.0 Å². The van der Waals surface area contributed by atoms with Gasteiger partial charge in [-0.2, -0.15) is 0 Å². The van der Waals surface area contributed by atoms with E-state index in [0.717, 1.165) is 0 Å². The van der Waals surface area contributed by atoms with Crippen molar-refractivity contribution in [3.63, 3.8) is 0 Å². The fourth-order valence-corrected chi connectivity index (χ4v) is 2.70. The third kappa shape index (κ3) is 3.05. The van der Waals surface area contributed by atoms with Crippen LogP contribution in [0.3, 0.4) is 0 Å². The van der Waals surface area contributed by atoms with Gasteiger partial charge in [-0.05, 0) is 30.3 Å². The minimum absolute atomic E-state index is 0.300. The number of halogens is 3. The largest absolute Gasteiger partial charge is 0.298 e. The van der Waals surface area contributed by atoms with Gasteiger partial charge in [-0.25, -0.2) is 4.39 Å². The Kier molecular flexibility index (Phi) is 4.27. The lowest BCUT2D eigenvalue weighted by Crippen LogP contribution is -1.86. The Morgan fingerprint density at radius 1 is 1.06 bits per heavy atom. The zero-order valence-corrected chi connectivity index (χ0v) is 11.3. The molecule has 0 unspecified atom stereocenters. The Hall–Kier alpha value is -1.03. The van der Waals surface area contributed by atoms with Crippen LogP contribution in [0.25, 0.3) is 0 Å². The highest BCUT2D eigenvalue weighted by atomic mass is 35.5. The quantitative estimate of drug-likeness (QED) is 0.734. The van der Waals surface area contributed by atoms with Crippen molar-refractivity contribution in [2.24, 2.45) is 0 Å². The molecule has 0 aliphatic rings. The van der Waals surface area contributed by atoms with E-state index in [9.17, 15) is 9.18 Å². The van der Waals surface area contributed by atoms with Crippen LogP contribution in [-0.4, -0.2) is 6.29 Å². The van der Waals surface area contributed by atoms with Gasteiger partial charge in [0.1, 0.15) is 12.1 Å². The Morgan fingerprint density at radius 2 is 1.83 bits per heavy atom. The van der Waals surface area contributed by atoms with Crippen LogP contribution in [0.4, 0.5) is 4.39 Å². The lowest BCUT2D eigenvalue weighted by Gasteiger charge is -2.06. The van der Waals surface area contributed by atoms with Gasteiger partial charge in [-0.15, -0.1) is 0 Å². The molecule has 0 aromatic heterocycles. The monoisotopic (exact) mass is 300 g/mol. The van der Waals surface area contributed by atoms with E-state index < -0.39 is 5.82 Å². The molecular formula is C13H7Cl2FOS. The van der Waals surface area contributed by atoms with Crippen molar-refractivity contribution in [1.29, 1.82) is 0 Å². The summed E-state index contributed by atoms with van der Waals surface area (Å²) in [6, 6.07) is 9.27. The van der Waals surface area contributed by atoms with Crippen LogP contribution in [0.1, 0.15) is 10.4 Å². The second-order valence-electron chi connectivity index (χ2n) is 3.48. The van der Waals surface area contributed by atoms with Gasteiger partial charge in [0.15, 0.2) is 0 Å². The van der Waals surface area contributed by atoms with Crippen molar-refractivity contribution < 1.29 is 9.18 Å². The Bertz CT molecular complexity index is 602. The highest BCUT2D eigenvalue weighted by molar-refractivity contribution is 7.99. The first-order chi connectivity index (χ1) is 8.60. The van der Waals surface area contributed by atoms with Gasteiger partial charge in [0.2, 0.25) is 0 Å². The van der Waals surface area contributed by atoms with E-state index in [1.807, 2.05) is 0 Å². The molecule has 0 radical (unpaired) electrons. The van der Waals surface area contributed by atoms with Crippen LogP contribution in [0.15, 0.2) is 46.2 Å². The molecule has 0 fully saturated rings. The molecule has 0 aliphatic carbocycles. The molecule has 1 nitrogen and oxygen atoms in total. The molecule has 0 amide bonds. The predicted octanol–water partition coefficient (Wildman–Crippen LogP) is 5.10. The number of hydrogen-bond donors (Lipinski definition) is 0. The second-order valence-corrected chi connectivity index (χ2v) is 5.41. The number of carbonyl (C=O) groups is 1. The molecule has 0 saturated carbocycles. The summed E-state index contributed by atoms with van der Waals surface area (Å²) < 4.78 is 13.7. The van der Waals surface area contributed by atoms with Gasteiger partial charge >= 0.3 is 0 Å². The van der Waals surface area contributed by atoms with Crippen molar-refractivity contribution in [1.82, 2.24) is 0 Å². The van der Waals surface area contributed by atoms with Crippen molar-refractivity contribution in [3.8, 4) is 0 Å². The number of rotatable bonds is 3. The SMILES string of the molecule is O=Cc1ccc(Sc2cc(Cl)ccc2Cl)c(F)c1. The average molecular weight is 301 g/mol. The maximum atomic E-state index is 13.7. The van der Waals surface area contributed by atoms with E-state index in [1.165, 1.54) is 17.8 Å². The van der Waals surface area contributed by atoms with Crippen molar-refractivity contribution in [2.75, 3.05) is 0 Å². The summed E-state index contributed by atoms with van der Waals surface area (Å²) >= 11 is 13.0. The Balaban J connectivity index is 2.34. The number of carbonyl (C=O) groups excluding carboxylic acids is 1. The van der Waals surface area contributed by atoms with E-state index in [0.29, 0.717) is 31.7 Å². The van der Waals surface area contributed by atoms with Gasteiger partial charge in [0, 0.05) is 20.4 Å². The molecule has 0 saturated heterocycles. The summed E-state index contributed by atoms with van der Waals surface area (Å²) in [5, 5.41) is 1.04. The Labute approximate surface area is 118 Å². The first-order valence-electron chi connectivity index (χ1n) is 4.98. The molecule has 2 aromatic carbocycles. The van der Waals surface area contributed by atoms with Crippen molar-refractivity contribution in [3.05, 3.63) is 57.8 Å². The van der Waals surface area contributed by atoms with Crippen LogP contribution >= 0.6 is 35.0 Å². The molecule has 2 rings (SSSR count). The maximum Gasteiger partial charge on any atom is 0.150 e. The minimum Gasteiger partial charge on any atom is -0.298 e. The normalized spacial score (nSPS) is 10.4. The van der Waals surface area contributed by atoms with Crippen molar-refractivity contribution in [2.45, 2.75) is 9.79 Å². The lowest BCUT2D eigenvalue weighted by atomic mass is 10.2. The van der Waals surface area contributed by atoms with E-state index >= 15 is 0 Å². The van der Waals surface area contributed by atoms with Gasteiger partial charge in [0.05, 0.1) is 5.02 Å². The van der Waals surface area contributed by atoms with E-state index in [1.54, 1.807) is 30.3 Å². The average Bonchev–Trinajstić information content (AvgIpc) is 2.36. The number of hydrogen-bond acceptors (Lipinski definition) is 2. The molecule has 0 aliphatic heterocycles. The fourth-order valence-electron chi connectivity index (χ4n) is 1.35. The topological polar surface area (TPSA) is 17.1 Å². The van der Waals surface area contributed by atoms with E-state index in [-0.39, 0.29) is 0 Å². The Morgan fingerprint density at radius 3 is 2.50 bits per heavy atom. The molecule has 5 heteroatoms. The standard InChI is InChI=1S/C13H7Cl2FOS/c14-9-2-3-10(15)13(6-9)18-12-4-1-8(7-17)5-11(12)16/h1-7H. The third-order valence-electron chi connectivity index (χ3n) is 2.21. The predicted molar refractivity (Wildman–Crippen MR) is 72.4 cm³/mol. The lowest BCUT2D eigenvalue weighted by molar-refractivity contribution is 0.112. The first kappa shape index (κ1) is 13.4. The number of aldehydes is 1. The van der Waals surface area contributed by atoms with Crippen molar-refractivity contribution >= 4 is 41.2 Å². The first-order valence-corrected chi connectivity index (χ1v) is 6.55. The van der Waals surface area contributed by atoms with Crippen LogP contribution in [0, 0.1) is 5.82 Å². The summed E-state index contributed by atoms with van der Waals surface area (Å²) in [5.41, 5.74) is 0.300. The highest BCUT2D eigenvalue weighted by Crippen LogP contribution is 2.36. The molecule has 2 aromatic rings. The molecule has 0 atom stereocenters. The number of benzene rings is 2. The zero-order valence-electron chi connectivity index (χ0n) is 8.99. The molecule has 0 bridgehead atoms. The van der Waals surface area contributed by atoms with Gasteiger partial charge < -0.3 is 0 Å². The van der Waals surface area contributed by atoms with Crippen LogP contribution in [-0.2, 0) is 0 Å². The maximum absolute atomic E-state index is 13.7. The summed E-state index contributed by atoms with van der Waals surface area (Å²) in [4.78, 5) is 11.6. The van der Waals surface area contributed by atoms with Gasteiger partial charge in [0.25, 0.3) is 0 Å². The fraction of sp³-hybridized carbons (Fsp3) is 0. The van der Waals surface area contributed by atoms with Gasteiger partial charge in [-0.3, -0.25) is 4.79 Å². The summed E-state index contributed by atoms with van der Waals surface area (Å²) in [5.74, 6) is -0.458. The highest BCUT2D eigenvalue weighted by Gasteiger charge is 2.08. The van der Waals surface area contributed by atoms with E-state index in [2.05, 4.69) is 0 Å². The molecule has 18 heavy (non-hydrogen) atoms.